The van der Waals surface area contributed by atoms with Gasteiger partial charge in [-0.25, -0.2) is 14.4 Å². The molecule has 0 radical (unpaired) electrons. The number of carbonyl (C=O) groups excluding carboxylic acids is 1. The standard InChI is InChI=1S/C33H48FN7O6S/c1-23(2)41(26-9-14-45-19-26)32(42)28-15-24(34)5-8-29(28)47-30-16-35-22-36-31(30)40-20-33(21-40)10-12-39(13-11-33)17-27-7-6-25(18-46-27)37-48(43,44)38(3)4/h5,8,15-16,22-23,25-27,37H,6-7,9-14,17-21H2,1-4H3/t25-,26-,27+/m1/s1. The first-order chi connectivity index (χ1) is 22.9. The Balaban J connectivity index is 1.04. The Kier molecular flexibility index (Phi) is 10.5. The van der Waals surface area contributed by atoms with Gasteiger partial charge in [-0.1, -0.05) is 0 Å². The van der Waals surface area contributed by atoms with Gasteiger partial charge in [-0.05, 0) is 77.2 Å². The van der Waals surface area contributed by atoms with Crippen LogP contribution in [0.2, 0.25) is 0 Å². The Labute approximate surface area is 282 Å². The van der Waals surface area contributed by atoms with E-state index in [4.69, 9.17) is 14.2 Å². The first kappa shape index (κ1) is 34.9. The number of nitrogens with one attached hydrogen (secondary N) is 1. The van der Waals surface area contributed by atoms with E-state index in [0.29, 0.717) is 31.4 Å². The molecule has 13 nitrogen and oxygen atoms in total. The van der Waals surface area contributed by atoms with Crippen LogP contribution in [-0.4, -0.2) is 129 Å². The van der Waals surface area contributed by atoms with Crippen molar-refractivity contribution in [3.05, 3.63) is 42.1 Å². The predicted octanol–water partition coefficient (Wildman–Crippen LogP) is 2.89. The van der Waals surface area contributed by atoms with E-state index in [1.807, 2.05) is 13.8 Å². The number of halogens is 1. The molecule has 1 N–H and O–H groups in total. The van der Waals surface area contributed by atoms with Crippen LogP contribution in [0, 0.1) is 11.2 Å². The van der Waals surface area contributed by atoms with E-state index in [2.05, 4.69) is 24.5 Å². The summed E-state index contributed by atoms with van der Waals surface area (Å²) < 4.78 is 60.6. The summed E-state index contributed by atoms with van der Waals surface area (Å²) in [4.78, 5) is 29.0. The maximum absolute atomic E-state index is 14.5. The van der Waals surface area contributed by atoms with Crippen LogP contribution in [0.3, 0.4) is 0 Å². The van der Waals surface area contributed by atoms with Crippen molar-refractivity contribution >= 4 is 21.9 Å². The molecule has 2 aromatic rings. The van der Waals surface area contributed by atoms with Crippen molar-refractivity contribution in [2.45, 2.75) is 70.2 Å². The summed E-state index contributed by atoms with van der Waals surface area (Å²) in [5.41, 5.74) is 0.338. The molecule has 3 atom stereocenters. The third-order valence-corrected chi connectivity index (χ3v) is 11.6. The molecule has 1 amide bonds. The van der Waals surface area contributed by atoms with Crippen molar-refractivity contribution in [1.29, 1.82) is 0 Å². The summed E-state index contributed by atoms with van der Waals surface area (Å²) >= 11 is 0. The molecule has 4 aliphatic heterocycles. The van der Waals surface area contributed by atoms with Crippen LogP contribution in [0.25, 0.3) is 0 Å². The van der Waals surface area contributed by atoms with Gasteiger partial charge < -0.3 is 28.9 Å². The fourth-order valence-corrected chi connectivity index (χ4v) is 8.10. The number of amides is 1. The monoisotopic (exact) mass is 689 g/mol. The summed E-state index contributed by atoms with van der Waals surface area (Å²) in [7, 11) is -0.441. The van der Waals surface area contributed by atoms with Crippen molar-refractivity contribution in [1.82, 2.24) is 28.8 Å². The van der Waals surface area contributed by atoms with Gasteiger partial charge in [0.2, 0.25) is 0 Å². The zero-order valence-corrected chi connectivity index (χ0v) is 29.1. The molecule has 5 heterocycles. The normalized spacial score (nSPS) is 24.6. The van der Waals surface area contributed by atoms with Gasteiger partial charge in [0.1, 0.15) is 17.9 Å². The fourth-order valence-electron chi connectivity index (χ4n) is 7.29. The zero-order chi connectivity index (χ0) is 34.1. The number of piperidine rings is 1. The average Bonchev–Trinajstić information content (AvgIpc) is 3.56. The Morgan fingerprint density at radius 2 is 1.92 bits per heavy atom. The Morgan fingerprint density at radius 3 is 2.56 bits per heavy atom. The van der Waals surface area contributed by atoms with Gasteiger partial charge in [0.25, 0.3) is 16.1 Å². The summed E-state index contributed by atoms with van der Waals surface area (Å²) in [6.45, 7) is 9.78. The largest absolute Gasteiger partial charge is 0.451 e. The number of rotatable bonds is 11. The molecule has 264 valence electrons. The average molecular weight is 690 g/mol. The summed E-state index contributed by atoms with van der Waals surface area (Å²) in [5.74, 6) is 0.531. The van der Waals surface area contributed by atoms with Crippen LogP contribution in [0.4, 0.5) is 10.2 Å². The molecular formula is C33H48FN7O6S. The second-order valence-corrected chi connectivity index (χ2v) is 16.0. The lowest BCUT2D eigenvalue weighted by Crippen LogP contribution is -2.61. The highest BCUT2D eigenvalue weighted by Gasteiger charge is 2.46. The number of hydrogen-bond acceptors (Lipinski definition) is 10. The van der Waals surface area contributed by atoms with E-state index < -0.39 is 16.0 Å². The minimum Gasteiger partial charge on any atom is -0.451 e. The molecule has 1 aromatic heterocycles. The van der Waals surface area contributed by atoms with E-state index in [0.717, 1.165) is 64.8 Å². The first-order valence-electron chi connectivity index (χ1n) is 16.9. The Hall–Kier alpha value is -2.95. The SMILES string of the molecule is CC(C)N(C(=O)c1cc(F)ccc1Oc1cncnc1N1CC2(CCN(C[C@@H]3CC[C@@H](NS(=O)(=O)N(C)C)CO3)CC2)C1)[C@@H]1CCOC1. The maximum Gasteiger partial charge on any atom is 0.279 e. The quantitative estimate of drug-likeness (QED) is 0.376. The second-order valence-electron chi connectivity index (χ2n) is 14.1. The number of carbonyl (C=O) groups is 1. The number of aromatic nitrogens is 2. The number of ether oxygens (including phenoxy) is 3. The molecule has 4 saturated heterocycles. The van der Waals surface area contributed by atoms with Crippen molar-refractivity contribution in [3.8, 4) is 11.5 Å². The molecule has 1 spiro atoms. The van der Waals surface area contributed by atoms with Crippen molar-refractivity contribution < 1.29 is 31.8 Å². The van der Waals surface area contributed by atoms with E-state index in [-0.39, 0.29) is 46.9 Å². The molecule has 0 saturated carbocycles. The fraction of sp³-hybridized carbons (Fsp3) is 0.667. The molecule has 0 unspecified atom stereocenters. The summed E-state index contributed by atoms with van der Waals surface area (Å²) in [6, 6.07) is 3.65. The highest BCUT2D eigenvalue weighted by Crippen LogP contribution is 2.45. The molecule has 48 heavy (non-hydrogen) atoms. The molecular weight excluding hydrogens is 641 g/mol. The van der Waals surface area contributed by atoms with Gasteiger partial charge in [0, 0.05) is 57.8 Å². The lowest BCUT2D eigenvalue weighted by atomic mass is 9.72. The molecule has 6 rings (SSSR count). The summed E-state index contributed by atoms with van der Waals surface area (Å²) in [6.07, 6.45) is 7.60. The van der Waals surface area contributed by atoms with E-state index in [1.165, 1.54) is 42.9 Å². The zero-order valence-electron chi connectivity index (χ0n) is 28.3. The molecule has 0 bridgehead atoms. The number of anilines is 1. The van der Waals surface area contributed by atoms with Crippen LogP contribution in [0.5, 0.6) is 11.5 Å². The number of nitrogens with zero attached hydrogens (tertiary/aromatic N) is 6. The van der Waals surface area contributed by atoms with Gasteiger partial charge in [-0.15, -0.1) is 0 Å². The van der Waals surface area contributed by atoms with E-state index in [1.54, 1.807) is 11.1 Å². The number of benzene rings is 1. The van der Waals surface area contributed by atoms with Crippen molar-refractivity contribution in [2.75, 3.05) is 71.5 Å². The lowest BCUT2D eigenvalue weighted by molar-refractivity contribution is -0.0300. The van der Waals surface area contributed by atoms with Crippen molar-refractivity contribution in [2.24, 2.45) is 5.41 Å². The molecule has 4 aliphatic rings. The predicted molar refractivity (Wildman–Crippen MR) is 178 cm³/mol. The molecule has 4 fully saturated rings. The van der Waals surface area contributed by atoms with Crippen LogP contribution in [0.1, 0.15) is 56.3 Å². The lowest BCUT2D eigenvalue weighted by Gasteiger charge is -2.54. The number of hydrogen-bond donors (Lipinski definition) is 1. The first-order valence-corrected chi connectivity index (χ1v) is 18.3. The Bertz CT molecular complexity index is 1530. The summed E-state index contributed by atoms with van der Waals surface area (Å²) in [5, 5.41) is 0. The van der Waals surface area contributed by atoms with Crippen molar-refractivity contribution in [3.63, 3.8) is 0 Å². The smallest absolute Gasteiger partial charge is 0.279 e. The topological polar surface area (TPSA) is 130 Å². The van der Waals surface area contributed by atoms with E-state index >= 15 is 0 Å². The van der Waals surface area contributed by atoms with Gasteiger partial charge in [0.05, 0.1) is 37.1 Å². The van der Waals surface area contributed by atoms with Gasteiger partial charge in [0.15, 0.2) is 11.6 Å². The van der Waals surface area contributed by atoms with Crippen LogP contribution in [-0.2, 0) is 19.7 Å². The van der Waals surface area contributed by atoms with Crippen LogP contribution in [0.15, 0.2) is 30.7 Å². The molecule has 1 aromatic carbocycles. The Morgan fingerprint density at radius 1 is 1.15 bits per heavy atom. The maximum atomic E-state index is 14.5. The van der Waals surface area contributed by atoms with Gasteiger partial charge in [-0.2, -0.15) is 17.4 Å². The third-order valence-electron chi connectivity index (χ3n) is 10.0. The van der Waals surface area contributed by atoms with E-state index in [9.17, 15) is 17.6 Å². The minimum atomic E-state index is -3.47. The molecule has 0 aliphatic carbocycles. The molecule has 15 heteroatoms. The second kappa shape index (κ2) is 14.5. The minimum absolute atomic E-state index is 0.0769. The highest BCUT2D eigenvalue weighted by atomic mass is 32.2. The highest BCUT2D eigenvalue weighted by molar-refractivity contribution is 7.87. The van der Waals surface area contributed by atoms with Gasteiger partial charge in [-0.3, -0.25) is 4.79 Å². The van der Waals surface area contributed by atoms with Crippen LogP contribution < -0.4 is 14.4 Å². The third kappa shape index (κ3) is 7.76. The van der Waals surface area contributed by atoms with Crippen LogP contribution >= 0.6 is 0 Å². The van der Waals surface area contributed by atoms with Gasteiger partial charge >= 0.3 is 0 Å². The number of likely N-dealkylation sites (tertiary alicyclic amines) is 1.